The van der Waals surface area contributed by atoms with Gasteiger partial charge in [-0.2, -0.15) is 4.98 Å². The zero-order valence-corrected chi connectivity index (χ0v) is 10.3. The molecule has 1 aliphatic rings. The zero-order chi connectivity index (χ0) is 12.3. The number of hydrogen-bond donors (Lipinski definition) is 2. The van der Waals surface area contributed by atoms with Gasteiger partial charge >= 0.3 is 0 Å². The van der Waals surface area contributed by atoms with E-state index in [0.29, 0.717) is 12.0 Å². The first-order valence-corrected chi connectivity index (χ1v) is 5.83. The van der Waals surface area contributed by atoms with E-state index in [1.165, 1.54) is 0 Å². The summed E-state index contributed by atoms with van der Waals surface area (Å²) in [5, 5.41) is 0. The number of nitrogens with two attached hydrogens (primary N) is 1. The molecule has 0 bridgehead atoms. The lowest BCUT2D eigenvalue weighted by Gasteiger charge is -2.32. The minimum Gasteiger partial charge on any atom is -0.381 e. The fourth-order valence-corrected chi connectivity index (χ4v) is 2.06. The van der Waals surface area contributed by atoms with E-state index in [0.717, 1.165) is 37.6 Å². The van der Waals surface area contributed by atoms with Crippen LogP contribution >= 0.6 is 0 Å². The maximum atomic E-state index is 5.36. The van der Waals surface area contributed by atoms with Gasteiger partial charge in [0.05, 0.1) is 0 Å². The fraction of sp³-hybridized carbons (Fsp3) is 0.636. The molecule has 0 unspecified atom stereocenters. The second kappa shape index (κ2) is 5.29. The highest BCUT2D eigenvalue weighted by molar-refractivity contribution is 5.44. The van der Waals surface area contributed by atoms with Gasteiger partial charge in [-0.25, -0.2) is 10.8 Å². The molecule has 0 amide bonds. The minimum atomic E-state index is 0.457. The van der Waals surface area contributed by atoms with E-state index in [1.54, 1.807) is 0 Å². The highest BCUT2D eigenvalue weighted by Crippen LogP contribution is 2.20. The number of anilines is 2. The molecule has 0 atom stereocenters. The molecular weight excluding hydrogens is 218 g/mol. The first kappa shape index (κ1) is 12.1. The van der Waals surface area contributed by atoms with Crippen LogP contribution in [-0.2, 0) is 4.74 Å². The predicted molar refractivity (Wildman–Crippen MR) is 66.8 cm³/mol. The lowest BCUT2D eigenvalue weighted by molar-refractivity contribution is 0.0853. The number of hydrogen-bond acceptors (Lipinski definition) is 6. The number of rotatable bonds is 3. The van der Waals surface area contributed by atoms with Gasteiger partial charge in [0.25, 0.3) is 0 Å². The van der Waals surface area contributed by atoms with Gasteiger partial charge in [0.15, 0.2) is 0 Å². The molecule has 6 heteroatoms. The SMILES string of the molecule is Cc1cc(N(C)C2CCOCC2)nc(NN)n1. The van der Waals surface area contributed by atoms with Crippen molar-refractivity contribution >= 4 is 11.8 Å². The van der Waals surface area contributed by atoms with Gasteiger partial charge in [0, 0.05) is 38.1 Å². The fourth-order valence-electron chi connectivity index (χ4n) is 2.06. The van der Waals surface area contributed by atoms with Crippen molar-refractivity contribution in [1.82, 2.24) is 9.97 Å². The summed E-state index contributed by atoms with van der Waals surface area (Å²) in [5.74, 6) is 6.71. The van der Waals surface area contributed by atoms with Gasteiger partial charge < -0.3 is 9.64 Å². The number of nitrogen functional groups attached to an aromatic ring is 1. The first-order chi connectivity index (χ1) is 8.20. The summed E-state index contributed by atoms with van der Waals surface area (Å²) in [6.07, 6.45) is 2.07. The van der Waals surface area contributed by atoms with E-state index in [-0.39, 0.29) is 0 Å². The number of nitrogens with zero attached hydrogens (tertiary/aromatic N) is 3. The summed E-state index contributed by atoms with van der Waals surface area (Å²) >= 11 is 0. The van der Waals surface area contributed by atoms with Crippen molar-refractivity contribution < 1.29 is 4.74 Å². The Hall–Kier alpha value is -1.40. The van der Waals surface area contributed by atoms with E-state index in [4.69, 9.17) is 10.6 Å². The van der Waals surface area contributed by atoms with Crippen LogP contribution in [0.4, 0.5) is 11.8 Å². The minimum absolute atomic E-state index is 0.457. The molecule has 0 spiro atoms. The Morgan fingerprint density at radius 3 is 2.76 bits per heavy atom. The Bertz CT molecular complexity index is 378. The van der Waals surface area contributed by atoms with Crippen LogP contribution in [-0.4, -0.2) is 36.3 Å². The predicted octanol–water partition coefficient (Wildman–Crippen LogP) is 0.686. The number of aryl methyl sites for hydroxylation is 1. The molecule has 1 aromatic rings. The Labute approximate surface area is 101 Å². The van der Waals surface area contributed by atoms with Crippen LogP contribution in [0, 0.1) is 6.92 Å². The molecule has 2 rings (SSSR count). The van der Waals surface area contributed by atoms with Crippen molar-refractivity contribution in [1.29, 1.82) is 0 Å². The first-order valence-electron chi connectivity index (χ1n) is 5.83. The van der Waals surface area contributed by atoms with Crippen LogP contribution in [0.15, 0.2) is 6.07 Å². The van der Waals surface area contributed by atoms with Crippen molar-refractivity contribution in [2.45, 2.75) is 25.8 Å². The third kappa shape index (κ3) is 2.83. The molecule has 0 aliphatic carbocycles. The lowest BCUT2D eigenvalue weighted by Crippen LogP contribution is -2.37. The van der Waals surface area contributed by atoms with Gasteiger partial charge in [-0.15, -0.1) is 0 Å². The number of ether oxygens (including phenoxy) is 1. The van der Waals surface area contributed by atoms with Crippen LogP contribution < -0.4 is 16.2 Å². The van der Waals surface area contributed by atoms with Crippen molar-refractivity contribution in [3.63, 3.8) is 0 Å². The summed E-state index contributed by atoms with van der Waals surface area (Å²) in [5.41, 5.74) is 3.40. The zero-order valence-electron chi connectivity index (χ0n) is 10.3. The number of aromatic nitrogens is 2. The Balaban J connectivity index is 2.17. The van der Waals surface area contributed by atoms with Crippen LogP contribution in [0.3, 0.4) is 0 Å². The lowest BCUT2D eigenvalue weighted by atomic mass is 10.1. The molecule has 0 aromatic carbocycles. The van der Waals surface area contributed by atoms with Crippen LogP contribution in [0.1, 0.15) is 18.5 Å². The molecule has 17 heavy (non-hydrogen) atoms. The molecule has 1 aliphatic heterocycles. The van der Waals surface area contributed by atoms with Gasteiger partial charge in [-0.3, -0.25) is 5.43 Å². The van der Waals surface area contributed by atoms with Crippen LogP contribution in [0.5, 0.6) is 0 Å². The van der Waals surface area contributed by atoms with Crippen molar-refractivity contribution in [3.05, 3.63) is 11.8 Å². The molecule has 0 saturated carbocycles. The normalized spacial score (nSPS) is 16.9. The summed E-state index contributed by atoms with van der Waals surface area (Å²) in [6, 6.07) is 2.44. The third-order valence-electron chi connectivity index (χ3n) is 3.07. The summed E-state index contributed by atoms with van der Waals surface area (Å²) in [7, 11) is 2.05. The Morgan fingerprint density at radius 2 is 2.12 bits per heavy atom. The van der Waals surface area contributed by atoms with E-state index in [2.05, 4.69) is 27.3 Å². The quantitative estimate of drug-likeness (QED) is 0.595. The molecule has 1 fully saturated rings. The van der Waals surface area contributed by atoms with Gasteiger partial charge in [-0.05, 0) is 19.8 Å². The number of hydrazine groups is 1. The van der Waals surface area contributed by atoms with Crippen molar-refractivity contribution in [2.75, 3.05) is 30.6 Å². The molecule has 3 N–H and O–H groups in total. The second-order valence-corrected chi connectivity index (χ2v) is 4.29. The summed E-state index contributed by atoms with van der Waals surface area (Å²) < 4.78 is 5.36. The highest BCUT2D eigenvalue weighted by atomic mass is 16.5. The second-order valence-electron chi connectivity index (χ2n) is 4.29. The molecule has 6 nitrogen and oxygen atoms in total. The van der Waals surface area contributed by atoms with E-state index in [9.17, 15) is 0 Å². The summed E-state index contributed by atoms with van der Waals surface area (Å²) in [4.78, 5) is 10.7. The average Bonchev–Trinajstić information content (AvgIpc) is 2.38. The maximum Gasteiger partial charge on any atom is 0.239 e. The van der Waals surface area contributed by atoms with Crippen molar-refractivity contribution in [3.8, 4) is 0 Å². The van der Waals surface area contributed by atoms with Gasteiger partial charge in [0.2, 0.25) is 5.95 Å². The third-order valence-corrected chi connectivity index (χ3v) is 3.07. The largest absolute Gasteiger partial charge is 0.381 e. The van der Waals surface area contributed by atoms with Crippen molar-refractivity contribution in [2.24, 2.45) is 5.84 Å². The van der Waals surface area contributed by atoms with E-state index < -0.39 is 0 Å². The smallest absolute Gasteiger partial charge is 0.239 e. The molecule has 0 radical (unpaired) electrons. The molecule has 94 valence electrons. The topological polar surface area (TPSA) is 76.3 Å². The van der Waals surface area contributed by atoms with Crippen LogP contribution in [0.25, 0.3) is 0 Å². The molecule has 1 aromatic heterocycles. The Morgan fingerprint density at radius 1 is 1.41 bits per heavy atom. The summed E-state index contributed by atoms with van der Waals surface area (Å²) in [6.45, 7) is 3.58. The monoisotopic (exact) mass is 237 g/mol. The maximum absolute atomic E-state index is 5.36. The number of nitrogens with one attached hydrogen (secondary N) is 1. The molecule has 1 saturated heterocycles. The highest BCUT2D eigenvalue weighted by Gasteiger charge is 2.20. The van der Waals surface area contributed by atoms with Gasteiger partial charge in [-0.1, -0.05) is 0 Å². The standard InChI is InChI=1S/C11H19N5O/c1-8-7-10(14-11(13-8)15-12)16(2)9-3-5-17-6-4-9/h7,9H,3-6,12H2,1-2H3,(H,13,14,15). The van der Waals surface area contributed by atoms with E-state index in [1.807, 2.05) is 13.0 Å². The Kier molecular flexibility index (Phi) is 3.75. The molecule has 2 heterocycles. The van der Waals surface area contributed by atoms with E-state index >= 15 is 0 Å². The molecular formula is C11H19N5O. The van der Waals surface area contributed by atoms with Gasteiger partial charge in [0.1, 0.15) is 5.82 Å². The average molecular weight is 237 g/mol. The van der Waals surface area contributed by atoms with Crippen LogP contribution in [0.2, 0.25) is 0 Å².